The molecule has 0 saturated carbocycles. The molecule has 10 heteroatoms. The summed E-state index contributed by atoms with van der Waals surface area (Å²) in [5, 5.41) is 9.72. The molecule has 26 heavy (non-hydrogen) atoms. The highest BCUT2D eigenvalue weighted by molar-refractivity contribution is 8.00. The van der Waals surface area contributed by atoms with Crippen LogP contribution in [0.1, 0.15) is 12.2 Å². The second-order valence-electron chi connectivity index (χ2n) is 6.43. The predicted molar refractivity (Wildman–Crippen MR) is 104 cm³/mol. The monoisotopic (exact) mass is 403 g/mol. The fourth-order valence-corrected chi connectivity index (χ4v) is 3.96. The van der Waals surface area contributed by atoms with Crippen molar-refractivity contribution in [2.45, 2.75) is 19.4 Å². The van der Waals surface area contributed by atoms with Gasteiger partial charge in [-0.15, -0.1) is 24.2 Å². The van der Waals surface area contributed by atoms with Crippen molar-refractivity contribution in [1.29, 1.82) is 0 Å². The molecule has 0 spiro atoms. The Kier molecular flexibility index (Phi) is 8.20. The Morgan fingerprint density at radius 3 is 2.81 bits per heavy atom. The molecule has 3 heterocycles. The summed E-state index contributed by atoms with van der Waals surface area (Å²) in [6.45, 7) is 7.56. The van der Waals surface area contributed by atoms with E-state index < -0.39 is 0 Å². The SMILES string of the molecule is Cc1cc(NC(=O)CSCC(=O)N2CCC(N3CCNCC3)C2)no1.Cl. The second kappa shape index (κ2) is 10.1. The molecule has 1 aromatic rings. The van der Waals surface area contributed by atoms with E-state index in [1.54, 1.807) is 13.0 Å². The summed E-state index contributed by atoms with van der Waals surface area (Å²) in [6.07, 6.45) is 1.04. The molecule has 2 N–H and O–H groups in total. The molecule has 2 amide bonds. The van der Waals surface area contributed by atoms with Gasteiger partial charge in [0.1, 0.15) is 5.76 Å². The molecule has 0 bridgehead atoms. The largest absolute Gasteiger partial charge is 0.360 e. The molecule has 0 aliphatic carbocycles. The number of carbonyl (C=O) groups is 2. The maximum absolute atomic E-state index is 12.3. The maximum atomic E-state index is 12.3. The van der Waals surface area contributed by atoms with Gasteiger partial charge in [-0.2, -0.15) is 0 Å². The van der Waals surface area contributed by atoms with Crippen molar-refractivity contribution < 1.29 is 14.1 Å². The van der Waals surface area contributed by atoms with E-state index >= 15 is 0 Å². The summed E-state index contributed by atoms with van der Waals surface area (Å²) < 4.78 is 4.90. The van der Waals surface area contributed by atoms with Crippen LogP contribution in [0, 0.1) is 6.92 Å². The molecule has 2 aliphatic heterocycles. The van der Waals surface area contributed by atoms with Gasteiger partial charge in [0.2, 0.25) is 11.8 Å². The van der Waals surface area contributed by atoms with Crippen molar-refractivity contribution in [1.82, 2.24) is 20.3 Å². The first-order valence-electron chi connectivity index (χ1n) is 8.65. The standard InChI is InChI=1S/C16H25N5O3S.ClH/c1-12-8-14(19-24-12)18-15(22)10-25-11-16(23)21-5-2-13(9-21)20-6-3-17-4-7-20;/h8,13,17H,2-7,9-11H2,1H3,(H,18,19,22);1H. The zero-order chi connectivity index (χ0) is 17.6. The lowest BCUT2D eigenvalue weighted by atomic mass is 10.2. The Hall–Kier alpha value is -1.29. The minimum atomic E-state index is -0.175. The quantitative estimate of drug-likeness (QED) is 0.718. The lowest BCUT2D eigenvalue weighted by molar-refractivity contribution is -0.127. The van der Waals surface area contributed by atoms with Gasteiger partial charge in [-0.25, -0.2) is 0 Å². The van der Waals surface area contributed by atoms with E-state index in [9.17, 15) is 9.59 Å². The number of anilines is 1. The van der Waals surface area contributed by atoms with Gasteiger partial charge in [0.15, 0.2) is 5.82 Å². The van der Waals surface area contributed by atoms with E-state index in [0.717, 1.165) is 45.7 Å². The van der Waals surface area contributed by atoms with E-state index in [2.05, 4.69) is 20.7 Å². The van der Waals surface area contributed by atoms with Crippen molar-refractivity contribution in [3.8, 4) is 0 Å². The number of aromatic nitrogens is 1. The number of aryl methyl sites for hydroxylation is 1. The van der Waals surface area contributed by atoms with Crippen molar-refractivity contribution in [2.24, 2.45) is 0 Å². The van der Waals surface area contributed by atoms with Crippen molar-refractivity contribution in [2.75, 3.05) is 56.1 Å². The highest BCUT2D eigenvalue weighted by Crippen LogP contribution is 2.17. The number of halogens is 1. The van der Waals surface area contributed by atoms with Gasteiger partial charge in [-0.3, -0.25) is 14.5 Å². The average Bonchev–Trinajstić information content (AvgIpc) is 3.25. The lowest BCUT2D eigenvalue weighted by Gasteiger charge is -2.32. The molecule has 2 saturated heterocycles. The van der Waals surface area contributed by atoms with Crippen LogP contribution in [0.2, 0.25) is 0 Å². The van der Waals surface area contributed by atoms with Crippen LogP contribution in [-0.4, -0.2) is 83.6 Å². The Morgan fingerprint density at radius 2 is 2.12 bits per heavy atom. The minimum absolute atomic E-state index is 0. The molecule has 2 fully saturated rings. The molecule has 146 valence electrons. The Labute approximate surface area is 163 Å². The molecule has 1 atom stereocenters. The van der Waals surface area contributed by atoms with Crippen LogP contribution < -0.4 is 10.6 Å². The van der Waals surface area contributed by atoms with E-state index in [0.29, 0.717) is 23.4 Å². The van der Waals surface area contributed by atoms with Gasteiger partial charge < -0.3 is 20.1 Å². The number of amides is 2. The summed E-state index contributed by atoms with van der Waals surface area (Å²) in [4.78, 5) is 28.6. The molecule has 1 aromatic heterocycles. The topological polar surface area (TPSA) is 90.7 Å². The maximum Gasteiger partial charge on any atom is 0.235 e. The van der Waals surface area contributed by atoms with E-state index in [1.807, 2.05) is 4.90 Å². The number of carbonyl (C=O) groups excluding carboxylic acids is 2. The van der Waals surface area contributed by atoms with Crippen LogP contribution in [0.5, 0.6) is 0 Å². The molecule has 0 aromatic carbocycles. The summed E-state index contributed by atoms with van der Waals surface area (Å²) in [7, 11) is 0. The summed E-state index contributed by atoms with van der Waals surface area (Å²) in [6, 6.07) is 2.14. The van der Waals surface area contributed by atoms with Gasteiger partial charge in [0.25, 0.3) is 0 Å². The number of thioether (sulfide) groups is 1. The van der Waals surface area contributed by atoms with E-state index in [4.69, 9.17) is 4.52 Å². The highest BCUT2D eigenvalue weighted by Gasteiger charge is 2.30. The Bertz CT molecular complexity index is 608. The van der Waals surface area contributed by atoms with Crippen molar-refractivity contribution in [3.05, 3.63) is 11.8 Å². The normalized spacial score (nSPS) is 20.7. The van der Waals surface area contributed by atoms with Crippen LogP contribution in [0.15, 0.2) is 10.6 Å². The average molecular weight is 404 g/mol. The highest BCUT2D eigenvalue weighted by atomic mass is 35.5. The van der Waals surface area contributed by atoms with E-state index in [-0.39, 0.29) is 30.0 Å². The van der Waals surface area contributed by atoms with Gasteiger partial charge in [0.05, 0.1) is 11.5 Å². The zero-order valence-corrected chi connectivity index (χ0v) is 16.5. The molecule has 3 rings (SSSR count). The van der Waals surface area contributed by atoms with Crippen molar-refractivity contribution in [3.63, 3.8) is 0 Å². The van der Waals surface area contributed by atoms with Crippen LogP contribution >= 0.6 is 24.2 Å². The lowest BCUT2D eigenvalue weighted by Crippen LogP contribution is -2.49. The third-order valence-electron chi connectivity index (χ3n) is 4.54. The third-order valence-corrected chi connectivity index (χ3v) is 5.46. The Morgan fingerprint density at radius 1 is 1.35 bits per heavy atom. The number of nitrogens with one attached hydrogen (secondary N) is 2. The molecule has 1 unspecified atom stereocenters. The summed E-state index contributed by atoms with van der Waals surface area (Å²) in [5.74, 6) is 1.56. The number of nitrogens with zero attached hydrogens (tertiary/aromatic N) is 3. The van der Waals surface area contributed by atoms with Crippen molar-refractivity contribution >= 4 is 41.8 Å². The number of hydrogen-bond acceptors (Lipinski definition) is 7. The first-order chi connectivity index (χ1) is 12.1. The summed E-state index contributed by atoms with van der Waals surface area (Å²) in [5.41, 5.74) is 0. The van der Waals surface area contributed by atoms with Gasteiger partial charge >= 0.3 is 0 Å². The first kappa shape index (κ1) is 21.0. The third kappa shape index (κ3) is 5.87. The second-order valence-corrected chi connectivity index (χ2v) is 7.42. The molecule has 2 aliphatic rings. The molecular weight excluding hydrogens is 378 g/mol. The van der Waals surface area contributed by atoms with Crippen LogP contribution in [-0.2, 0) is 9.59 Å². The van der Waals surface area contributed by atoms with Gasteiger partial charge in [-0.1, -0.05) is 5.16 Å². The van der Waals surface area contributed by atoms with E-state index in [1.165, 1.54) is 11.8 Å². The molecule has 0 radical (unpaired) electrons. The zero-order valence-electron chi connectivity index (χ0n) is 14.9. The number of rotatable bonds is 6. The smallest absolute Gasteiger partial charge is 0.235 e. The van der Waals surface area contributed by atoms with Crippen LogP contribution in [0.4, 0.5) is 5.82 Å². The molecule has 8 nitrogen and oxygen atoms in total. The van der Waals surface area contributed by atoms with Gasteiger partial charge in [0, 0.05) is 51.4 Å². The number of piperazine rings is 1. The first-order valence-corrected chi connectivity index (χ1v) is 9.81. The number of likely N-dealkylation sites (tertiary alicyclic amines) is 1. The summed E-state index contributed by atoms with van der Waals surface area (Å²) >= 11 is 1.33. The fraction of sp³-hybridized carbons (Fsp3) is 0.688. The van der Waals surface area contributed by atoms with Gasteiger partial charge in [-0.05, 0) is 13.3 Å². The number of hydrogen-bond donors (Lipinski definition) is 2. The molecular formula is C16H26ClN5O3S. The minimum Gasteiger partial charge on any atom is -0.360 e. The van der Waals surface area contributed by atoms with Crippen LogP contribution in [0.25, 0.3) is 0 Å². The predicted octanol–water partition coefficient (Wildman–Crippen LogP) is 0.583. The Balaban J connectivity index is 0.00000243. The van der Waals surface area contributed by atoms with Crippen LogP contribution in [0.3, 0.4) is 0 Å². The fourth-order valence-electron chi connectivity index (χ4n) is 3.24.